The number of benzene rings is 1. The van der Waals surface area contributed by atoms with E-state index >= 15 is 0 Å². The third-order valence-electron chi connectivity index (χ3n) is 5.46. The van der Waals surface area contributed by atoms with Crippen LogP contribution in [-0.2, 0) is 15.0 Å². The number of ether oxygens (including phenoxy) is 1. The van der Waals surface area contributed by atoms with Crippen molar-refractivity contribution < 1.29 is 17.9 Å². The minimum Gasteiger partial charge on any atom is -0.497 e. The van der Waals surface area contributed by atoms with Crippen LogP contribution in [0, 0.1) is 0 Å². The van der Waals surface area contributed by atoms with E-state index in [1.54, 1.807) is 19.2 Å². The zero-order chi connectivity index (χ0) is 18.9. The van der Waals surface area contributed by atoms with Gasteiger partial charge in [-0.1, -0.05) is 12.1 Å². The summed E-state index contributed by atoms with van der Waals surface area (Å²) in [6.07, 6.45) is 3.46. The molecule has 7 nitrogen and oxygen atoms in total. The van der Waals surface area contributed by atoms with Crippen molar-refractivity contribution in [1.29, 1.82) is 0 Å². The maximum atomic E-state index is 13.1. The molecule has 3 atom stereocenters. The summed E-state index contributed by atoms with van der Waals surface area (Å²) in [5, 5.41) is 0. The van der Waals surface area contributed by atoms with Crippen LogP contribution in [0.4, 0.5) is 0 Å². The van der Waals surface area contributed by atoms with Gasteiger partial charge in [-0.2, -0.15) is 17.4 Å². The summed E-state index contributed by atoms with van der Waals surface area (Å²) in [6.45, 7) is 2.73. The van der Waals surface area contributed by atoms with Crippen molar-refractivity contribution in [2.24, 2.45) is 0 Å². The molecule has 0 radical (unpaired) electrons. The highest BCUT2D eigenvalue weighted by molar-refractivity contribution is 7.87. The highest BCUT2D eigenvalue weighted by Gasteiger charge is 2.43. The quantitative estimate of drug-likeness (QED) is 0.864. The molecule has 2 fully saturated rings. The fraction of sp³-hybridized carbons (Fsp3) is 0.611. The summed E-state index contributed by atoms with van der Waals surface area (Å²) >= 11 is 0. The molecule has 2 aliphatic rings. The number of rotatable bonds is 3. The zero-order valence-electron chi connectivity index (χ0n) is 15.5. The van der Waals surface area contributed by atoms with Crippen molar-refractivity contribution in [3.05, 3.63) is 29.8 Å². The van der Waals surface area contributed by atoms with Crippen molar-refractivity contribution in [1.82, 2.24) is 13.9 Å². The predicted octanol–water partition coefficient (Wildman–Crippen LogP) is 1.68. The molecule has 0 aliphatic carbocycles. The molecule has 0 bridgehead atoms. The van der Waals surface area contributed by atoms with Gasteiger partial charge in [-0.25, -0.2) is 0 Å². The summed E-state index contributed by atoms with van der Waals surface area (Å²) in [5.74, 6) is 0.614. The molecule has 26 heavy (non-hydrogen) atoms. The lowest BCUT2D eigenvalue weighted by molar-refractivity contribution is -0.139. The Morgan fingerprint density at radius 3 is 2.54 bits per heavy atom. The fourth-order valence-corrected chi connectivity index (χ4v) is 5.03. The molecule has 2 aliphatic heterocycles. The smallest absolute Gasteiger partial charge is 0.280 e. The molecule has 3 rings (SSSR count). The molecule has 1 aromatic rings. The molecule has 1 N–H and O–H groups in total. The number of nitrogens with one attached hydrogen (secondary N) is 1. The molecule has 2 saturated heterocycles. The Morgan fingerprint density at radius 1 is 1.23 bits per heavy atom. The number of amides is 1. The van der Waals surface area contributed by atoms with E-state index in [0.29, 0.717) is 18.7 Å². The monoisotopic (exact) mass is 381 g/mol. The Hall–Kier alpha value is -1.64. The first-order valence-electron chi connectivity index (χ1n) is 9.03. The van der Waals surface area contributed by atoms with Gasteiger partial charge in [0, 0.05) is 25.7 Å². The number of likely N-dealkylation sites (tertiary alicyclic amines) is 1. The van der Waals surface area contributed by atoms with Crippen molar-refractivity contribution >= 4 is 16.1 Å². The van der Waals surface area contributed by atoms with Gasteiger partial charge < -0.3 is 9.64 Å². The largest absolute Gasteiger partial charge is 0.497 e. The standard InChI is InChI=1S/C18H27N3O4S/c1-13-6-4-5-11-21(13)18(22)17-12-16(19-26(23,24)20(17)2)14-7-9-15(25-3)10-8-14/h7-10,13,16-17,19H,4-6,11-12H2,1-3H3/t13?,16-,17-/m1/s1. The zero-order valence-corrected chi connectivity index (χ0v) is 16.3. The van der Waals surface area contributed by atoms with Crippen LogP contribution in [-0.4, -0.2) is 56.3 Å². The number of carbonyl (C=O) groups is 1. The number of nitrogens with zero attached hydrogens (tertiary/aromatic N) is 2. The van der Waals surface area contributed by atoms with Gasteiger partial charge >= 0.3 is 0 Å². The topological polar surface area (TPSA) is 79.0 Å². The van der Waals surface area contributed by atoms with Crippen molar-refractivity contribution in [3.8, 4) is 5.75 Å². The molecule has 1 aromatic carbocycles. The molecule has 144 valence electrons. The van der Waals surface area contributed by atoms with Crippen molar-refractivity contribution in [2.75, 3.05) is 20.7 Å². The third kappa shape index (κ3) is 3.72. The fourth-order valence-electron chi connectivity index (χ4n) is 3.76. The minimum atomic E-state index is -3.72. The van der Waals surface area contributed by atoms with E-state index < -0.39 is 22.3 Å². The molecular formula is C18H27N3O4S. The van der Waals surface area contributed by atoms with Crippen LogP contribution in [0.3, 0.4) is 0 Å². The van der Waals surface area contributed by atoms with Gasteiger partial charge in [0.15, 0.2) is 0 Å². The van der Waals surface area contributed by atoms with E-state index in [9.17, 15) is 13.2 Å². The number of piperidine rings is 1. The lowest BCUT2D eigenvalue weighted by Crippen LogP contribution is -2.59. The summed E-state index contributed by atoms with van der Waals surface area (Å²) in [5.41, 5.74) is 0.826. The molecular weight excluding hydrogens is 354 g/mol. The summed E-state index contributed by atoms with van der Waals surface area (Å²) in [4.78, 5) is 15.0. The van der Waals surface area contributed by atoms with Crippen LogP contribution < -0.4 is 9.46 Å². The second-order valence-corrected chi connectivity index (χ2v) is 8.85. The maximum absolute atomic E-state index is 13.1. The second kappa shape index (κ2) is 7.54. The average molecular weight is 381 g/mol. The van der Waals surface area contributed by atoms with Crippen LogP contribution in [0.5, 0.6) is 5.75 Å². The van der Waals surface area contributed by atoms with E-state index in [1.165, 1.54) is 11.4 Å². The van der Waals surface area contributed by atoms with E-state index in [-0.39, 0.29) is 11.9 Å². The molecule has 0 spiro atoms. The summed E-state index contributed by atoms with van der Waals surface area (Å²) in [7, 11) is -0.659. The second-order valence-electron chi connectivity index (χ2n) is 7.09. The Labute approximate surface area is 155 Å². The van der Waals surface area contributed by atoms with Crippen LogP contribution in [0.25, 0.3) is 0 Å². The number of methoxy groups -OCH3 is 1. The SMILES string of the molecule is COc1ccc([C@H]2C[C@H](C(=O)N3CCCCC3C)N(C)S(=O)(=O)N2)cc1. The minimum absolute atomic E-state index is 0.0942. The van der Waals surface area contributed by atoms with Gasteiger partial charge in [-0.05, 0) is 50.3 Å². The van der Waals surface area contributed by atoms with Gasteiger partial charge in [-0.15, -0.1) is 0 Å². The van der Waals surface area contributed by atoms with Crippen LogP contribution >= 0.6 is 0 Å². The first kappa shape index (κ1) is 19.1. The molecule has 8 heteroatoms. The van der Waals surface area contributed by atoms with Gasteiger partial charge in [0.05, 0.1) is 7.11 Å². The van der Waals surface area contributed by atoms with Gasteiger partial charge in [0.2, 0.25) is 5.91 Å². The number of likely N-dealkylation sites (N-methyl/N-ethyl adjacent to an activating group) is 1. The Balaban J connectivity index is 1.85. The van der Waals surface area contributed by atoms with Gasteiger partial charge in [0.25, 0.3) is 10.2 Å². The van der Waals surface area contributed by atoms with E-state index in [4.69, 9.17) is 4.74 Å². The summed E-state index contributed by atoms with van der Waals surface area (Å²) < 4.78 is 34.2. The average Bonchev–Trinajstić information content (AvgIpc) is 2.63. The predicted molar refractivity (Wildman–Crippen MR) is 99.0 cm³/mol. The number of hydrogen-bond donors (Lipinski definition) is 1. The number of carbonyl (C=O) groups excluding carboxylic acids is 1. The van der Waals surface area contributed by atoms with Gasteiger partial charge in [-0.3, -0.25) is 4.79 Å². The lowest BCUT2D eigenvalue weighted by atomic mass is 9.97. The normalized spacial score (nSPS) is 29.3. The highest BCUT2D eigenvalue weighted by atomic mass is 32.2. The van der Waals surface area contributed by atoms with E-state index in [0.717, 1.165) is 24.8 Å². The maximum Gasteiger partial charge on any atom is 0.280 e. The van der Waals surface area contributed by atoms with Crippen molar-refractivity contribution in [2.45, 2.75) is 50.7 Å². The van der Waals surface area contributed by atoms with Gasteiger partial charge in [0.1, 0.15) is 11.8 Å². The molecule has 1 amide bonds. The van der Waals surface area contributed by atoms with E-state index in [1.807, 2.05) is 24.0 Å². The molecule has 0 aromatic heterocycles. The van der Waals surface area contributed by atoms with E-state index in [2.05, 4.69) is 4.72 Å². The third-order valence-corrected chi connectivity index (χ3v) is 7.05. The van der Waals surface area contributed by atoms with Crippen LogP contribution in [0.2, 0.25) is 0 Å². The van der Waals surface area contributed by atoms with Crippen molar-refractivity contribution in [3.63, 3.8) is 0 Å². The van der Waals surface area contributed by atoms with Crippen LogP contribution in [0.1, 0.15) is 44.2 Å². The molecule has 0 saturated carbocycles. The molecule has 1 unspecified atom stereocenters. The lowest BCUT2D eigenvalue weighted by Gasteiger charge is -2.41. The number of hydrogen-bond acceptors (Lipinski definition) is 4. The summed E-state index contributed by atoms with van der Waals surface area (Å²) in [6, 6.07) is 6.30. The first-order valence-corrected chi connectivity index (χ1v) is 10.5. The van der Waals surface area contributed by atoms with Crippen LogP contribution in [0.15, 0.2) is 24.3 Å². The molecule has 2 heterocycles. The Bertz CT molecular complexity index is 750. The Morgan fingerprint density at radius 2 is 1.92 bits per heavy atom. The first-order chi connectivity index (χ1) is 12.3. The highest BCUT2D eigenvalue weighted by Crippen LogP contribution is 2.31. The Kier molecular flexibility index (Phi) is 5.55.